The zero-order valence-corrected chi connectivity index (χ0v) is 12.1. The van der Waals surface area contributed by atoms with Gasteiger partial charge < -0.3 is 14.8 Å². The van der Waals surface area contributed by atoms with E-state index >= 15 is 0 Å². The van der Waals surface area contributed by atoms with Crippen LogP contribution in [0.2, 0.25) is 0 Å². The van der Waals surface area contributed by atoms with Crippen molar-refractivity contribution in [3.63, 3.8) is 0 Å². The van der Waals surface area contributed by atoms with E-state index in [1.807, 2.05) is 19.9 Å². The Kier molecular flexibility index (Phi) is 5.15. The van der Waals surface area contributed by atoms with Crippen molar-refractivity contribution >= 4 is 11.6 Å². The summed E-state index contributed by atoms with van der Waals surface area (Å²) in [6.07, 6.45) is 1.62. The SMILES string of the molecule is CCOc1ccc(OCC(=O)Nc2ccc(C)nc2)cc1. The maximum absolute atomic E-state index is 11.8. The fraction of sp³-hybridized carbons (Fsp3) is 0.250. The van der Waals surface area contributed by atoms with E-state index in [4.69, 9.17) is 9.47 Å². The number of hydrogen-bond acceptors (Lipinski definition) is 4. The molecule has 5 nitrogen and oxygen atoms in total. The van der Waals surface area contributed by atoms with E-state index < -0.39 is 0 Å². The minimum atomic E-state index is -0.227. The van der Waals surface area contributed by atoms with Gasteiger partial charge in [0, 0.05) is 5.69 Å². The molecule has 0 unspecified atom stereocenters. The lowest BCUT2D eigenvalue weighted by Gasteiger charge is -2.08. The second-order valence-corrected chi connectivity index (χ2v) is 4.43. The minimum Gasteiger partial charge on any atom is -0.494 e. The van der Waals surface area contributed by atoms with Crippen LogP contribution in [0, 0.1) is 6.92 Å². The van der Waals surface area contributed by atoms with Crippen molar-refractivity contribution in [2.75, 3.05) is 18.5 Å². The highest BCUT2D eigenvalue weighted by molar-refractivity contribution is 5.91. The number of aryl methyl sites for hydroxylation is 1. The smallest absolute Gasteiger partial charge is 0.262 e. The van der Waals surface area contributed by atoms with Crippen LogP contribution in [0.3, 0.4) is 0 Å². The Labute approximate surface area is 123 Å². The zero-order valence-electron chi connectivity index (χ0n) is 12.1. The molecule has 2 aromatic rings. The quantitative estimate of drug-likeness (QED) is 0.887. The molecule has 0 aliphatic rings. The number of carbonyl (C=O) groups is 1. The van der Waals surface area contributed by atoms with Crippen LogP contribution in [-0.2, 0) is 4.79 Å². The number of carbonyl (C=O) groups excluding carboxylic acids is 1. The fourth-order valence-electron chi connectivity index (χ4n) is 1.69. The first-order chi connectivity index (χ1) is 10.2. The van der Waals surface area contributed by atoms with Crippen LogP contribution in [0.25, 0.3) is 0 Å². The summed E-state index contributed by atoms with van der Waals surface area (Å²) in [6, 6.07) is 10.8. The van der Waals surface area contributed by atoms with Crippen molar-refractivity contribution in [2.45, 2.75) is 13.8 Å². The Balaban J connectivity index is 1.81. The van der Waals surface area contributed by atoms with E-state index in [1.165, 1.54) is 0 Å². The average molecular weight is 286 g/mol. The molecule has 110 valence electrons. The third-order valence-electron chi connectivity index (χ3n) is 2.70. The summed E-state index contributed by atoms with van der Waals surface area (Å²) in [7, 11) is 0. The molecule has 0 bridgehead atoms. The van der Waals surface area contributed by atoms with E-state index in [0.717, 1.165) is 11.4 Å². The number of aromatic nitrogens is 1. The first-order valence-corrected chi connectivity index (χ1v) is 6.75. The summed E-state index contributed by atoms with van der Waals surface area (Å²) in [5.74, 6) is 1.17. The van der Waals surface area contributed by atoms with Crippen LogP contribution in [0.5, 0.6) is 11.5 Å². The number of nitrogens with one attached hydrogen (secondary N) is 1. The lowest BCUT2D eigenvalue weighted by Crippen LogP contribution is -2.20. The number of anilines is 1. The van der Waals surface area contributed by atoms with Gasteiger partial charge in [-0.2, -0.15) is 0 Å². The van der Waals surface area contributed by atoms with Gasteiger partial charge in [-0.3, -0.25) is 9.78 Å². The topological polar surface area (TPSA) is 60.5 Å². The van der Waals surface area contributed by atoms with Crippen molar-refractivity contribution in [1.29, 1.82) is 0 Å². The van der Waals surface area contributed by atoms with Gasteiger partial charge in [0.1, 0.15) is 11.5 Å². The van der Waals surface area contributed by atoms with E-state index in [2.05, 4.69) is 10.3 Å². The van der Waals surface area contributed by atoms with Gasteiger partial charge in [0.15, 0.2) is 6.61 Å². The number of benzene rings is 1. The molecule has 1 heterocycles. The highest BCUT2D eigenvalue weighted by atomic mass is 16.5. The van der Waals surface area contributed by atoms with Crippen LogP contribution in [0.15, 0.2) is 42.6 Å². The summed E-state index contributed by atoms with van der Waals surface area (Å²) in [5, 5.41) is 2.72. The van der Waals surface area contributed by atoms with E-state index in [-0.39, 0.29) is 12.5 Å². The molecular formula is C16H18N2O3. The summed E-state index contributed by atoms with van der Waals surface area (Å²) >= 11 is 0. The standard InChI is InChI=1S/C16H18N2O3/c1-3-20-14-6-8-15(9-7-14)21-11-16(19)18-13-5-4-12(2)17-10-13/h4-10H,3,11H2,1-2H3,(H,18,19). The summed E-state index contributed by atoms with van der Waals surface area (Å²) < 4.78 is 10.7. The fourth-order valence-corrected chi connectivity index (χ4v) is 1.69. The molecule has 2 rings (SSSR count). The summed E-state index contributed by atoms with van der Waals surface area (Å²) in [5.41, 5.74) is 1.56. The van der Waals surface area contributed by atoms with Gasteiger partial charge in [0.05, 0.1) is 18.5 Å². The molecule has 0 saturated carbocycles. The third kappa shape index (κ3) is 4.80. The third-order valence-corrected chi connectivity index (χ3v) is 2.70. The van der Waals surface area contributed by atoms with E-state index in [9.17, 15) is 4.79 Å². The Morgan fingerprint density at radius 3 is 2.33 bits per heavy atom. The summed E-state index contributed by atoms with van der Waals surface area (Å²) in [6.45, 7) is 4.38. The van der Waals surface area contributed by atoms with Gasteiger partial charge in [0.2, 0.25) is 0 Å². The van der Waals surface area contributed by atoms with Crippen LogP contribution < -0.4 is 14.8 Å². The van der Waals surface area contributed by atoms with Gasteiger partial charge >= 0.3 is 0 Å². The Bertz CT molecular complexity index is 579. The number of amides is 1. The molecule has 0 aliphatic carbocycles. The molecule has 1 amide bonds. The van der Waals surface area contributed by atoms with Crippen LogP contribution in [0.4, 0.5) is 5.69 Å². The van der Waals surface area contributed by atoms with E-state index in [1.54, 1.807) is 36.5 Å². The van der Waals surface area contributed by atoms with Gasteiger partial charge in [-0.15, -0.1) is 0 Å². The zero-order chi connectivity index (χ0) is 15.1. The lowest BCUT2D eigenvalue weighted by molar-refractivity contribution is -0.118. The molecule has 1 aromatic heterocycles. The Morgan fingerprint density at radius 2 is 1.76 bits per heavy atom. The highest BCUT2D eigenvalue weighted by Crippen LogP contribution is 2.17. The Hall–Kier alpha value is -2.56. The predicted molar refractivity (Wildman–Crippen MR) is 80.7 cm³/mol. The molecule has 1 N–H and O–H groups in total. The molecule has 21 heavy (non-hydrogen) atoms. The van der Waals surface area contributed by atoms with Crippen LogP contribution in [-0.4, -0.2) is 24.1 Å². The first-order valence-electron chi connectivity index (χ1n) is 6.75. The Morgan fingerprint density at radius 1 is 1.10 bits per heavy atom. The molecule has 5 heteroatoms. The lowest BCUT2D eigenvalue weighted by atomic mass is 10.3. The maximum atomic E-state index is 11.8. The van der Waals surface area contributed by atoms with Gasteiger partial charge in [-0.25, -0.2) is 0 Å². The first kappa shape index (κ1) is 14.8. The molecular weight excluding hydrogens is 268 g/mol. The number of pyridine rings is 1. The van der Waals surface area contributed by atoms with Crippen molar-refractivity contribution in [3.8, 4) is 11.5 Å². The summed E-state index contributed by atoms with van der Waals surface area (Å²) in [4.78, 5) is 15.9. The van der Waals surface area contributed by atoms with Crippen LogP contribution in [0.1, 0.15) is 12.6 Å². The number of rotatable bonds is 6. The number of nitrogens with zero attached hydrogens (tertiary/aromatic N) is 1. The van der Waals surface area contributed by atoms with Crippen molar-refractivity contribution < 1.29 is 14.3 Å². The second kappa shape index (κ2) is 7.28. The second-order valence-electron chi connectivity index (χ2n) is 4.43. The molecule has 0 spiro atoms. The predicted octanol–water partition coefficient (Wildman–Crippen LogP) is 2.81. The average Bonchev–Trinajstić information content (AvgIpc) is 2.49. The largest absolute Gasteiger partial charge is 0.494 e. The van der Waals surface area contributed by atoms with Crippen molar-refractivity contribution in [3.05, 3.63) is 48.3 Å². The van der Waals surface area contributed by atoms with Crippen molar-refractivity contribution in [2.24, 2.45) is 0 Å². The van der Waals surface area contributed by atoms with Crippen molar-refractivity contribution in [1.82, 2.24) is 4.98 Å². The molecule has 1 aromatic carbocycles. The van der Waals surface area contributed by atoms with Crippen LogP contribution >= 0.6 is 0 Å². The molecule has 0 aliphatic heterocycles. The normalized spacial score (nSPS) is 10.0. The molecule has 0 fully saturated rings. The maximum Gasteiger partial charge on any atom is 0.262 e. The number of ether oxygens (including phenoxy) is 2. The van der Waals surface area contributed by atoms with Gasteiger partial charge in [0.25, 0.3) is 5.91 Å². The van der Waals surface area contributed by atoms with Gasteiger partial charge in [-0.05, 0) is 50.2 Å². The monoisotopic (exact) mass is 286 g/mol. The van der Waals surface area contributed by atoms with Gasteiger partial charge in [-0.1, -0.05) is 0 Å². The molecule has 0 saturated heterocycles. The highest BCUT2D eigenvalue weighted by Gasteiger charge is 2.04. The van der Waals surface area contributed by atoms with E-state index in [0.29, 0.717) is 18.0 Å². The minimum absolute atomic E-state index is 0.0537. The molecule has 0 radical (unpaired) electrons. The molecule has 0 atom stereocenters. The number of hydrogen-bond donors (Lipinski definition) is 1.